The third-order valence-corrected chi connectivity index (χ3v) is 3.57. The number of halogens is 2. The van der Waals surface area contributed by atoms with E-state index in [0.29, 0.717) is 13.0 Å². The van der Waals surface area contributed by atoms with E-state index in [-0.39, 0.29) is 18.4 Å². The molecule has 1 saturated carbocycles. The van der Waals surface area contributed by atoms with Crippen LogP contribution in [0.1, 0.15) is 20.3 Å². The highest BCUT2D eigenvalue weighted by molar-refractivity contribution is 6.52. The fourth-order valence-electron chi connectivity index (χ4n) is 1.49. The van der Waals surface area contributed by atoms with E-state index in [2.05, 4.69) is 0 Å². The van der Waals surface area contributed by atoms with Crippen molar-refractivity contribution in [1.29, 1.82) is 0 Å². The molecule has 1 fully saturated rings. The van der Waals surface area contributed by atoms with Crippen molar-refractivity contribution < 1.29 is 14.7 Å². The first-order chi connectivity index (χ1) is 7.29. The summed E-state index contributed by atoms with van der Waals surface area (Å²) in [6.45, 7) is 4.04. The average Bonchev–Trinajstić information content (AvgIpc) is 2.82. The zero-order chi connectivity index (χ0) is 12.5. The quantitative estimate of drug-likeness (QED) is 0.773. The number of rotatable bonds is 5. The molecular formula is C10H15Cl2NO3. The van der Waals surface area contributed by atoms with Crippen LogP contribution in [0.4, 0.5) is 0 Å². The number of carbonyl (C=O) groups excluding carboxylic acids is 1. The standard InChI is InChI=1S/C10H15Cl2NO3/c1-3-13(5-6(2)9(15)16)8(14)7-4-10(7,11)12/h6-7H,3-5H2,1-2H3,(H,15,16)/t6-,7-/m0/s1. The van der Waals surface area contributed by atoms with E-state index in [1.165, 1.54) is 4.90 Å². The molecule has 1 rings (SSSR count). The van der Waals surface area contributed by atoms with Gasteiger partial charge in [0.05, 0.1) is 11.8 Å². The Morgan fingerprint density at radius 2 is 2.06 bits per heavy atom. The molecule has 0 radical (unpaired) electrons. The first-order valence-electron chi connectivity index (χ1n) is 5.19. The SMILES string of the molecule is CCN(C[C@H](C)C(=O)O)C(=O)[C@@H]1CC1(Cl)Cl. The highest BCUT2D eigenvalue weighted by atomic mass is 35.5. The molecule has 0 aliphatic heterocycles. The van der Waals surface area contributed by atoms with Gasteiger partial charge in [0.2, 0.25) is 5.91 Å². The number of hydrogen-bond donors (Lipinski definition) is 1. The average molecular weight is 268 g/mol. The van der Waals surface area contributed by atoms with Crippen LogP contribution in [0.3, 0.4) is 0 Å². The van der Waals surface area contributed by atoms with Crippen LogP contribution >= 0.6 is 23.2 Å². The van der Waals surface area contributed by atoms with Gasteiger partial charge in [-0.3, -0.25) is 9.59 Å². The third-order valence-electron chi connectivity index (χ3n) is 2.73. The Bertz CT molecular complexity index is 306. The zero-order valence-corrected chi connectivity index (χ0v) is 10.8. The van der Waals surface area contributed by atoms with Crippen molar-refractivity contribution in [2.24, 2.45) is 11.8 Å². The fraction of sp³-hybridized carbons (Fsp3) is 0.800. The number of carboxylic acid groups (broad SMARTS) is 1. The molecule has 1 aliphatic carbocycles. The Labute approximate surface area is 105 Å². The summed E-state index contributed by atoms with van der Waals surface area (Å²) >= 11 is 11.6. The van der Waals surface area contributed by atoms with E-state index in [0.717, 1.165) is 0 Å². The maximum atomic E-state index is 11.9. The van der Waals surface area contributed by atoms with Crippen LogP contribution in [0.15, 0.2) is 0 Å². The van der Waals surface area contributed by atoms with Gasteiger partial charge in [-0.05, 0) is 13.3 Å². The predicted molar refractivity (Wildman–Crippen MR) is 61.6 cm³/mol. The second-order valence-electron chi connectivity index (χ2n) is 4.13. The number of carbonyl (C=O) groups is 2. The van der Waals surface area contributed by atoms with E-state index in [9.17, 15) is 9.59 Å². The molecule has 1 N–H and O–H groups in total. The second kappa shape index (κ2) is 4.80. The van der Waals surface area contributed by atoms with Crippen molar-refractivity contribution in [1.82, 2.24) is 4.90 Å². The first-order valence-corrected chi connectivity index (χ1v) is 5.94. The molecule has 16 heavy (non-hydrogen) atoms. The molecule has 92 valence electrons. The van der Waals surface area contributed by atoms with Crippen molar-refractivity contribution in [3.63, 3.8) is 0 Å². The molecule has 0 aromatic carbocycles. The molecule has 0 heterocycles. The maximum Gasteiger partial charge on any atom is 0.308 e. The monoisotopic (exact) mass is 267 g/mol. The topological polar surface area (TPSA) is 57.6 Å². The smallest absolute Gasteiger partial charge is 0.308 e. The van der Waals surface area contributed by atoms with E-state index in [4.69, 9.17) is 28.3 Å². The second-order valence-corrected chi connectivity index (χ2v) is 5.68. The van der Waals surface area contributed by atoms with E-state index in [1.54, 1.807) is 13.8 Å². The van der Waals surface area contributed by atoms with Gasteiger partial charge >= 0.3 is 5.97 Å². The Kier molecular flexibility index (Phi) is 4.07. The van der Waals surface area contributed by atoms with Gasteiger partial charge in [0.25, 0.3) is 0 Å². The molecule has 4 nitrogen and oxygen atoms in total. The van der Waals surface area contributed by atoms with Crippen LogP contribution < -0.4 is 0 Å². The molecule has 2 atom stereocenters. The normalized spacial score (nSPS) is 23.6. The Morgan fingerprint density at radius 1 is 1.56 bits per heavy atom. The van der Waals surface area contributed by atoms with E-state index >= 15 is 0 Å². The number of carboxylic acids is 1. The summed E-state index contributed by atoms with van der Waals surface area (Å²) in [5.41, 5.74) is 0. The van der Waals surface area contributed by atoms with Crippen LogP contribution in [0.25, 0.3) is 0 Å². The zero-order valence-electron chi connectivity index (χ0n) is 9.24. The van der Waals surface area contributed by atoms with Crippen LogP contribution in [0.2, 0.25) is 0 Å². The Morgan fingerprint density at radius 3 is 2.38 bits per heavy atom. The molecule has 0 aromatic heterocycles. The Hall–Kier alpha value is -0.480. The number of aliphatic carboxylic acids is 1. The van der Waals surface area contributed by atoms with Gasteiger partial charge in [-0.2, -0.15) is 0 Å². The summed E-state index contributed by atoms with van der Waals surface area (Å²) in [6.07, 6.45) is 0.451. The molecule has 0 aromatic rings. The van der Waals surface area contributed by atoms with Gasteiger partial charge in [0.1, 0.15) is 4.33 Å². The van der Waals surface area contributed by atoms with Gasteiger partial charge in [0, 0.05) is 13.1 Å². The molecule has 0 bridgehead atoms. The molecule has 1 aliphatic rings. The van der Waals surface area contributed by atoms with Gasteiger partial charge in [-0.1, -0.05) is 6.92 Å². The molecule has 1 amide bonds. The minimum atomic E-state index is -0.947. The van der Waals surface area contributed by atoms with Gasteiger partial charge in [0.15, 0.2) is 0 Å². The Balaban J connectivity index is 2.55. The molecule has 6 heteroatoms. The van der Waals surface area contributed by atoms with Crippen molar-refractivity contribution in [3.8, 4) is 0 Å². The van der Waals surface area contributed by atoms with Gasteiger partial charge in [-0.25, -0.2) is 0 Å². The van der Waals surface area contributed by atoms with Crippen molar-refractivity contribution in [3.05, 3.63) is 0 Å². The third kappa shape index (κ3) is 3.01. The van der Waals surface area contributed by atoms with Crippen LogP contribution in [-0.4, -0.2) is 39.3 Å². The number of amides is 1. The molecular weight excluding hydrogens is 253 g/mol. The van der Waals surface area contributed by atoms with Gasteiger partial charge < -0.3 is 10.0 Å². The lowest BCUT2D eigenvalue weighted by atomic mass is 10.1. The largest absolute Gasteiger partial charge is 0.481 e. The predicted octanol–water partition coefficient (Wildman–Crippen LogP) is 1.75. The van der Waals surface area contributed by atoms with Crippen molar-refractivity contribution in [2.75, 3.05) is 13.1 Å². The lowest BCUT2D eigenvalue weighted by Gasteiger charge is -2.23. The highest BCUT2D eigenvalue weighted by Gasteiger charge is 2.57. The summed E-state index contributed by atoms with van der Waals surface area (Å²) in [5, 5.41) is 8.77. The van der Waals surface area contributed by atoms with Crippen LogP contribution in [0, 0.1) is 11.8 Å². The van der Waals surface area contributed by atoms with Crippen LogP contribution in [-0.2, 0) is 9.59 Å². The van der Waals surface area contributed by atoms with E-state index in [1.807, 2.05) is 0 Å². The summed E-state index contributed by atoms with van der Waals surface area (Å²) in [6, 6.07) is 0. The first kappa shape index (κ1) is 13.6. The lowest BCUT2D eigenvalue weighted by Crippen LogP contribution is -2.38. The van der Waals surface area contributed by atoms with Crippen molar-refractivity contribution >= 4 is 35.1 Å². The fourth-order valence-corrected chi connectivity index (χ4v) is 1.98. The lowest BCUT2D eigenvalue weighted by molar-refractivity contribution is -0.143. The molecule has 0 spiro atoms. The number of nitrogens with zero attached hydrogens (tertiary/aromatic N) is 1. The maximum absolute atomic E-state index is 11.9. The number of hydrogen-bond acceptors (Lipinski definition) is 2. The highest BCUT2D eigenvalue weighted by Crippen LogP contribution is 2.53. The number of alkyl halides is 2. The molecule has 0 unspecified atom stereocenters. The van der Waals surface area contributed by atoms with E-state index < -0.39 is 16.2 Å². The molecule has 0 saturated heterocycles. The summed E-state index contributed by atoms with van der Waals surface area (Å²) in [4.78, 5) is 24.1. The minimum Gasteiger partial charge on any atom is -0.481 e. The van der Waals surface area contributed by atoms with Crippen LogP contribution in [0.5, 0.6) is 0 Å². The minimum absolute atomic E-state index is 0.152. The summed E-state index contributed by atoms with van der Waals surface area (Å²) < 4.78 is -0.947. The van der Waals surface area contributed by atoms with Gasteiger partial charge in [-0.15, -0.1) is 23.2 Å². The summed E-state index contributed by atoms with van der Waals surface area (Å²) in [7, 11) is 0. The van der Waals surface area contributed by atoms with Crippen molar-refractivity contribution in [2.45, 2.75) is 24.6 Å². The summed E-state index contributed by atoms with van der Waals surface area (Å²) in [5.74, 6) is -2.02.